The van der Waals surface area contributed by atoms with E-state index in [4.69, 9.17) is 28.4 Å². The fraction of sp³-hybridized carbons (Fsp3) is 0.450. The number of fused-ring (bicyclic) bond motifs is 3. The molecule has 3 fully saturated rings. The molecule has 1 aromatic rings. The number of ether oxygens (including phenoxy) is 6. The van der Waals surface area contributed by atoms with Crippen LogP contribution >= 0.6 is 0 Å². The van der Waals surface area contributed by atoms with Gasteiger partial charge in [0.15, 0.2) is 23.0 Å². The molecule has 0 spiro atoms. The number of carbonyl (C=O) groups excluding carboxylic acids is 1. The smallest absolute Gasteiger partial charge is 0.311 e. The van der Waals surface area contributed by atoms with Gasteiger partial charge in [-0.1, -0.05) is 5.17 Å². The van der Waals surface area contributed by atoms with Gasteiger partial charge in [0.05, 0.1) is 39.5 Å². The zero-order valence-electron chi connectivity index (χ0n) is 16.7. The molecule has 0 saturated carbocycles. The third-order valence-corrected chi connectivity index (χ3v) is 5.99. The van der Waals surface area contributed by atoms with E-state index >= 15 is 0 Å². The maximum Gasteiger partial charge on any atom is 0.311 e. The summed E-state index contributed by atoms with van der Waals surface area (Å²) in [4.78, 5) is 12.7. The summed E-state index contributed by atoms with van der Waals surface area (Å²) in [7, 11) is 4.61. The van der Waals surface area contributed by atoms with Gasteiger partial charge in [-0.25, -0.2) is 0 Å². The first kappa shape index (κ1) is 18.9. The maximum absolute atomic E-state index is 12.7. The van der Waals surface area contributed by atoms with Crippen molar-refractivity contribution < 1.29 is 38.4 Å². The summed E-state index contributed by atoms with van der Waals surface area (Å²) in [6, 6.07) is 2.67. The molecule has 160 valence electrons. The van der Waals surface area contributed by atoms with Crippen LogP contribution < -0.4 is 14.2 Å². The third kappa shape index (κ3) is 2.60. The lowest BCUT2D eigenvalue weighted by atomic mass is 9.75. The molecule has 1 unspecified atom stereocenters. The average molecular weight is 418 g/mol. The summed E-state index contributed by atoms with van der Waals surface area (Å²) in [5, 5.41) is 13.5. The predicted molar refractivity (Wildman–Crippen MR) is 99.5 cm³/mol. The van der Waals surface area contributed by atoms with Crippen LogP contribution in [0.5, 0.6) is 17.2 Å². The number of hydroxylamine groups is 1. The number of esters is 1. The Labute approximate surface area is 172 Å². The topological polar surface area (TPSA) is 99.2 Å². The Balaban J connectivity index is 1.67. The summed E-state index contributed by atoms with van der Waals surface area (Å²) >= 11 is 0. The van der Waals surface area contributed by atoms with Crippen molar-refractivity contribution in [2.45, 2.75) is 18.0 Å². The normalized spacial score (nSPS) is 29.5. The molecule has 1 N–H and O–H groups in total. The van der Waals surface area contributed by atoms with Gasteiger partial charge in [-0.05, 0) is 23.8 Å². The number of methoxy groups -OCH3 is 3. The van der Waals surface area contributed by atoms with Gasteiger partial charge in [0, 0.05) is 5.92 Å². The Kier molecular flexibility index (Phi) is 4.40. The lowest BCUT2D eigenvalue weighted by Crippen LogP contribution is -2.61. The first-order valence-electron chi connectivity index (χ1n) is 9.50. The highest BCUT2D eigenvalue weighted by molar-refractivity contribution is 5.77. The van der Waals surface area contributed by atoms with Crippen LogP contribution in [0.15, 0.2) is 35.9 Å². The molecule has 3 saturated heterocycles. The van der Waals surface area contributed by atoms with E-state index in [-0.39, 0.29) is 25.3 Å². The minimum Gasteiger partial charge on any atom is -0.493 e. The number of cyclic esters (lactones) is 1. The van der Waals surface area contributed by atoms with Crippen molar-refractivity contribution in [2.75, 3.05) is 34.7 Å². The third-order valence-electron chi connectivity index (χ3n) is 5.99. The van der Waals surface area contributed by atoms with Crippen molar-refractivity contribution in [1.29, 1.82) is 0 Å². The Morgan fingerprint density at radius 2 is 1.70 bits per heavy atom. The van der Waals surface area contributed by atoms with Crippen molar-refractivity contribution in [1.82, 2.24) is 10.2 Å². The first-order valence-corrected chi connectivity index (χ1v) is 9.50. The monoisotopic (exact) mass is 418 g/mol. The number of rotatable bonds is 4. The fourth-order valence-electron chi connectivity index (χ4n) is 4.63. The van der Waals surface area contributed by atoms with E-state index in [0.29, 0.717) is 28.8 Å². The molecule has 1 aromatic carbocycles. The van der Waals surface area contributed by atoms with Gasteiger partial charge in [-0.3, -0.25) is 15.0 Å². The summed E-state index contributed by atoms with van der Waals surface area (Å²) in [5.74, 6) is 1.17. The molecule has 30 heavy (non-hydrogen) atoms. The van der Waals surface area contributed by atoms with Gasteiger partial charge in [0.2, 0.25) is 12.5 Å². The van der Waals surface area contributed by atoms with Crippen molar-refractivity contribution >= 4 is 5.97 Å². The highest BCUT2D eigenvalue weighted by Gasteiger charge is 2.56. The Bertz CT molecular complexity index is 920. The molecular weight excluding hydrogens is 396 g/mol. The predicted octanol–water partition coefficient (Wildman–Crippen LogP) is 1.37. The summed E-state index contributed by atoms with van der Waals surface area (Å²) in [6.45, 7) is 0.189. The molecule has 0 aliphatic carbocycles. The number of hydrazine groups is 1. The molecule has 4 atom stereocenters. The molecule has 0 radical (unpaired) electrons. The average Bonchev–Trinajstić information content (AvgIpc) is 3.38. The summed E-state index contributed by atoms with van der Waals surface area (Å²) in [5.41, 5.74) is 0.786. The molecular formula is C20H22N2O8. The highest BCUT2D eigenvalue weighted by Crippen LogP contribution is 2.49. The van der Waals surface area contributed by atoms with Crippen molar-refractivity contribution in [3.63, 3.8) is 0 Å². The minimum absolute atomic E-state index is 0.0846. The van der Waals surface area contributed by atoms with Gasteiger partial charge in [0.1, 0.15) is 12.6 Å². The second-order valence-electron chi connectivity index (χ2n) is 7.33. The standard InChI is InChI=1S/C20H22N2O8/c1-25-14-4-10(5-15(26-2)19(14)27-3)17-11-6-13-16(30-9-29-13)7-21(11)22(24)12-8-28-20(23)18(12)17/h4-7,11-12,17-18,24H,8-9H2,1-3H3/t11?,12-,17+,18-/m0/s1. The lowest BCUT2D eigenvalue weighted by molar-refractivity contribution is -0.288. The van der Waals surface area contributed by atoms with E-state index in [1.807, 2.05) is 18.2 Å². The van der Waals surface area contributed by atoms with E-state index in [1.54, 1.807) is 11.2 Å². The Hall–Kier alpha value is -3.11. The van der Waals surface area contributed by atoms with Crippen LogP contribution in [0.2, 0.25) is 0 Å². The van der Waals surface area contributed by atoms with Crippen LogP contribution in [-0.2, 0) is 19.0 Å². The molecule has 0 amide bonds. The van der Waals surface area contributed by atoms with Crippen molar-refractivity contribution in [3.8, 4) is 17.2 Å². The number of hydrogen-bond donors (Lipinski definition) is 1. The van der Waals surface area contributed by atoms with Gasteiger partial charge in [-0.2, -0.15) is 0 Å². The number of nitrogens with zero attached hydrogens (tertiary/aromatic N) is 2. The molecule has 0 bridgehead atoms. The van der Waals surface area contributed by atoms with Gasteiger partial charge in [-0.15, -0.1) is 0 Å². The highest BCUT2D eigenvalue weighted by atomic mass is 16.7. The molecule has 4 aliphatic rings. The molecule has 0 aromatic heterocycles. The molecule has 10 heteroatoms. The summed E-state index contributed by atoms with van der Waals surface area (Å²) in [6.07, 6.45) is 3.53. The van der Waals surface area contributed by atoms with E-state index < -0.39 is 18.0 Å². The van der Waals surface area contributed by atoms with E-state index in [0.717, 1.165) is 10.7 Å². The second kappa shape index (κ2) is 6.99. The second-order valence-corrected chi connectivity index (χ2v) is 7.33. The quantitative estimate of drug-likeness (QED) is 0.722. The number of benzene rings is 1. The minimum atomic E-state index is -0.604. The summed E-state index contributed by atoms with van der Waals surface area (Å²) < 4.78 is 32.8. The Morgan fingerprint density at radius 3 is 2.37 bits per heavy atom. The zero-order valence-corrected chi connectivity index (χ0v) is 16.7. The van der Waals surface area contributed by atoms with Crippen LogP contribution in [-0.4, -0.2) is 68.2 Å². The molecule has 5 rings (SSSR count). The Morgan fingerprint density at radius 1 is 1.00 bits per heavy atom. The van der Waals surface area contributed by atoms with E-state index in [1.165, 1.54) is 21.3 Å². The SMILES string of the molecule is COc1cc([C@@H]2C3C=C4OCOC4=CN3N(O)[C@H]3COC(=O)[C@H]23)cc(OC)c1OC. The first-order chi connectivity index (χ1) is 14.6. The van der Waals surface area contributed by atoms with Crippen LogP contribution in [0.25, 0.3) is 0 Å². The fourth-order valence-corrected chi connectivity index (χ4v) is 4.63. The largest absolute Gasteiger partial charge is 0.493 e. The van der Waals surface area contributed by atoms with E-state index in [2.05, 4.69) is 0 Å². The van der Waals surface area contributed by atoms with Gasteiger partial charge in [0.25, 0.3) is 0 Å². The lowest BCUT2D eigenvalue weighted by Gasteiger charge is -2.49. The molecule has 10 nitrogen and oxygen atoms in total. The van der Waals surface area contributed by atoms with E-state index in [9.17, 15) is 10.0 Å². The number of hydrogen-bond acceptors (Lipinski definition) is 10. The molecule has 4 aliphatic heterocycles. The maximum atomic E-state index is 12.7. The molecule has 4 heterocycles. The van der Waals surface area contributed by atoms with Crippen LogP contribution in [0.1, 0.15) is 11.5 Å². The number of carbonyl (C=O) groups is 1. The van der Waals surface area contributed by atoms with Crippen LogP contribution in [0.3, 0.4) is 0 Å². The van der Waals surface area contributed by atoms with Crippen molar-refractivity contribution in [2.24, 2.45) is 5.92 Å². The van der Waals surface area contributed by atoms with Crippen LogP contribution in [0, 0.1) is 5.92 Å². The van der Waals surface area contributed by atoms with Crippen LogP contribution in [0.4, 0.5) is 0 Å². The van der Waals surface area contributed by atoms with Gasteiger partial charge < -0.3 is 28.4 Å². The van der Waals surface area contributed by atoms with Crippen molar-refractivity contribution in [3.05, 3.63) is 41.5 Å². The zero-order chi connectivity index (χ0) is 21.0. The van der Waals surface area contributed by atoms with Gasteiger partial charge >= 0.3 is 5.97 Å².